The maximum absolute atomic E-state index is 13.5. The van der Waals surface area contributed by atoms with E-state index in [9.17, 15) is 9.18 Å². The Hall–Kier alpha value is -1.75. The molecule has 0 saturated heterocycles. The highest BCUT2D eigenvalue weighted by Gasteiger charge is 2.13. The first kappa shape index (κ1) is 13.7. The molecule has 98 valence electrons. The minimum absolute atomic E-state index is 0.0938. The molecule has 0 amide bonds. The van der Waals surface area contributed by atoms with E-state index in [0.717, 1.165) is 0 Å². The predicted octanol–water partition coefficient (Wildman–Crippen LogP) is 3.42. The van der Waals surface area contributed by atoms with Crippen LogP contribution in [0.5, 0.6) is 5.75 Å². The monoisotopic (exact) mass is 323 g/mol. The van der Waals surface area contributed by atoms with Crippen LogP contribution in [0.25, 0.3) is 0 Å². The van der Waals surface area contributed by atoms with Crippen molar-refractivity contribution >= 4 is 21.7 Å². The first-order valence-electron chi connectivity index (χ1n) is 5.58. The minimum Gasteiger partial charge on any atom is -0.494 e. The van der Waals surface area contributed by atoms with Gasteiger partial charge in [-0.05, 0) is 45.8 Å². The van der Waals surface area contributed by atoms with Gasteiger partial charge in [-0.25, -0.2) is 4.39 Å². The van der Waals surface area contributed by atoms with Crippen LogP contribution in [-0.2, 0) is 6.42 Å². The molecule has 0 aliphatic heterocycles. The molecule has 2 rings (SSSR count). The highest BCUT2D eigenvalue weighted by Crippen LogP contribution is 2.20. The highest BCUT2D eigenvalue weighted by molar-refractivity contribution is 9.10. The third kappa shape index (κ3) is 3.17. The van der Waals surface area contributed by atoms with Crippen molar-refractivity contribution in [1.82, 2.24) is 4.98 Å². The Labute approximate surface area is 118 Å². The van der Waals surface area contributed by atoms with Crippen LogP contribution < -0.4 is 4.74 Å². The number of nitrogens with zero attached hydrogens (tertiary/aromatic N) is 1. The molecule has 0 radical (unpaired) electrons. The number of hydrogen-bond donors (Lipinski definition) is 0. The molecule has 0 fully saturated rings. The molecule has 0 bridgehead atoms. The molecule has 1 aromatic carbocycles. The molecule has 1 heterocycles. The van der Waals surface area contributed by atoms with Gasteiger partial charge in [-0.3, -0.25) is 9.78 Å². The van der Waals surface area contributed by atoms with Gasteiger partial charge in [0.05, 0.1) is 7.11 Å². The van der Waals surface area contributed by atoms with Gasteiger partial charge in [-0.2, -0.15) is 0 Å². The molecule has 0 N–H and O–H groups in total. The van der Waals surface area contributed by atoms with Gasteiger partial charge in [-0.1, -0.05) is 6.07 Å². The van der Waals surface area contributed by atoms with Gasteiger partial charge in [0.25, 0.3) is 0 Å². The second kappa shape index (κ2) is 5.93. The Morgan fingerprint density at radius 3 is 2.84 bits per heavy atom. The van der Waals surface area contributed by atoms with E-state index >= 15 is 0 Å². The van der Waals surface area contributed by atoms with Gasteiger partial charge >= 0.3 is 0 Å². The van der Waals surface area contributed by atoms with Crippen molar-refractivity contribution in [2.45, 2.75) is 6.42 Å². The molecule has 19 heavy (non-hydrogen) atoms. The molecule has 0 aliphatic rings. The molecule has 0 unspecified atom stereocenters. The van der Waals surface area contributed by atoms with Crippen LogP contribution in [0.1, 0.15) is 16.1 Å². The van der Waals surface area contributed by atoms with Gasteiger partial charge in [0.15, 0.2) is 17.3 Å². The Bertz CT molecular complexity index is 616. The summed E-state index contributed by atoms with van der Waals surface area (Å²) in [7, 11) is 1.40. The number of carbonyl (C=O) groups excluding carboxylic acids is 1. The summed E-state index contributed by atoms with van der Waals surface area (Å²) in [6, 6.07) is 7.94. The average Bonchev–Trinajstić information content (AvgIpc) is 2.39. The largest absolute Gasteiger partial charge is 0.494 e. The smallest absolute Gasteiger partial charge is 0.186 e. The predicted molar refractivity (Wildman–Crippen MR) is 72.9 cm³/mol. The second-order valence-corrected chi connectivity index (χ2v) is 4.76. The summed E-state index contributed by atoms with van der Waals surface area (Å²) in [6.07, 6.45) is 1.64. The van der Waals surface area contributed by atoms with Gasteiger partial charge in [-0.15, -0.1) is 0 Å². The zero-order valence-electron chi connectivity index (χ0n) is 10.2. The first-order valence-corrected chi connectivity index (χ1v) is 6.37. The lowest BCUT2D eigenvalue weighted by atomic mass is 10.1. The number of Topliss-reactive ketones (excluding diaryl/α,β-unsaturated/α-hetero) is 1. The number of halogens is 2. The first-order chi connectivity index (χ1) is 9.11. The number of rotatable bonds is 4. The van der Waals surface area contributed by atoms with E-state index in [1.54, 1.807) is 24.4 Å². The van der Waals surface area contributed by atoms with Crippen LogP contribution in [0.3, 0.4) is 0 Å². The van der Waals surface area contributed by atoms with Crippen molar-refractivity contribution in [3.63, 3.8) is 0 Å². The number of pyridine rings is 1. The summed E-state index contributed by atoms with van der Waals surface area (Å²) in [6.45, 7) is 0. The summed E-state index contributed by atoms with van der Waals surface area (Å²) >= 11 is 3.27. The molecular formula is C14H11BrFNO2. The van der Waals surface area contributed by atoms with Crippen LogP contribution in [0, 0.1) is 5.82 Å². The van der Waals surface area contributed by atoms with E-state index in [1.807, 2.05) is 0 Å². The van der Waals surface area contributed by atoms with Crippen LogP contribution in [0.4, 0.5) is 4.39 Å². The zero-order chi connectivity index (χ0) is 13.8. The number of ketones is 1. The minimum atomic E-state index is -0.479. The second-order valence-electron chi connectivity index (χ2n) is 3.90. The summed E-state index contributed by atoms with van der Waals surface area (Å²) in [5.41, 5.74) is 0.930. The Balaban J connectivity index is 2.20. The fraction of sp³-hybridized carbons (Fsp3) is 0.143. The number of carbonyl (C=O) groups is 1. The van der Waals surface area contributed by atoms with E-state index < -0.39 is 5.82 Å². The molecule has 0 atom stereocenters. The normalized spacial score (nSPS) is 10.3. The number of ether oxygens (including phenoxy) is 1. The van der Waals surface area contributed by atoms with E-state index in [1.165, 1.54) is 19.2 Å². The van der Waals surface area contributed by atoms with E-state index in [-0.39, 0.29) is 18.0 Å². The van der Waals surface area contributed by atoms with Crippen molar-refractivity contribution in [2.75, 3.05) is 7.11 Å². The maximum atomic E-state index is 13.5. The van der Waals surface area contributed by atoms with Gasteiger partial charge in [0.2, 0.25) is 0 Å². The molecule has 5 heteroatoms. The summed E-state index contributed by atoms with van der Waals surface area (Å²) in [5, 5.41) is 0. The quantitative estimate of drug-likeness (QED) is 0.809. The van der Waals surface area contributed by atoms with Crippen molar-refractivity contribution in [1.29, 1.82) is 0 Å². The van der Waals surface area contributed by atoms with Crippen molar-refractivity contribution in [3.8, 4) is 5.75 Å². The van der Waals surface area contributed by atoms with Gasteiger partial charge in [0.1, 0.15) is 5.69 Å². The summed E-state index contributed by atoms with van der Waals surface area (Å²) in [5.74, 6) is -0.486. The van der Waals surface area contributed by atoms with Gasteiger partial charge in [0, 0.05) is 17.1 Å². The lowest BCUT2D eigenvalue weighted by Gasteiger charge is -2.05. The number of benzene rings is 1. The Morgan fingerprint density at radius 2 is 2.21 bits per heavy atom. The van der Waals surface area contributed by atoms with Crippen LogP contribution in [0.2, 0.25) is 0 Å². The van der Waals surface area contributed by atoms with E-state index in [0.29, 0.717) is 15.7 Å². The van der Waals surface area contributed by atoms with Crippen molar-refractivity contribution in [2.24, 2.45) is 0 Å². The lowest BCUT2D eigenvalue weighted by molar-refractivity contribution is 0.0987. The number of aromatic nitrogens is 1. The molecule has 0 spiro atoms. The third-order valence-electron chi connectivity index (χ3n) is 2.60. The average molecular weight is 324 g/mol. The van der Waals surface area contributed by atoms with Gasteiger partial charge < -0.3 is 4.74 Å². The molecular weight excluding hydrogens is 313 g/mol. The lowest BCUT2D eigenvalue weighted by Crippen LogP contribution is -2.07. The molecule has 1 aromatic heterocycles. The molecule has 2 aromatic rings. The molecule has 0 saturated carbocycles. The maximum Gasteiger partial charge on any atom is 0.186 e. The standard InChI is InChI=1S/C14H11BrFNO2/c1-19-13-5-4-9(7-11(13)16)8-12(18)14-10(15)3-2-6-17-14/h2-7H,8H2,1H3. The fourth-order valence-electron chi connectivity index (χ4n) is 1.68. The van der Waals surface area contributed by atoms with Crippen LogP contribution in [-0.4, -0.2) is 17.9 Å². The van der Waals surface area contributed by atoms with E-state index in [2.05, 4.69) is 20.9 Å². The molecule has 3 nitrogen and oxygen atoms in total. The summed E-state index contributed by atoms with van der Waals surface area (Å²) < 4.78 is 19.0. The van der Waals surface area contributed by atoms with Crippen molar-refractivity contribution in [3.05, 3.63) is 58.1 Å². The van der Waals surface area contributed by atoms with E-state index in [4.69, 9.17) is 4.74 Å². The zero-order valence-corrected chi connectivity index (χ0v) is 11.8. The SMILES string of the molecule is COc1ccc(CC(=O)c2ncccc2Br)cc1F. The summed E-state index contributed by atoms with van der Waals surface area (Å²) in [4.78, 5) is 16.1. The molecule has 0 aliphatic carbocycles. The fourth-order valence-corrected chi connectivity index (χ4v) is 2.16. The van der Waals surface area contributed by atoms with Crippen LogP contribution >= 0.6 is 15.9 Å². The third-order valence-corrected chi connectivity index (χ3v) is 3.24. The number of hydrogen-bond acceptors (Lipinski definition) is 3. The number of methoxy groups -OCH3 is 1. The Kier molecular flexibility index (Phi) is 4.27. The highest BCUT2D eigenvalue weighted by atomic mass is 79.9. The van der Waals surface area contributed by atoms with Crippen molar-refractivity contribution < 1.29 is 13.9 Å². The topological polar surface area (TPSA) is 39.2 Å². The van der Waals surface area contributed by atoms with Crippen LogP contribution in [0.15, 0.2) is 41.0 Å². The Morgan fingerprint density at radius 1 is 1.42 bits per heavy atom.